The molecule has 0 aromatic heterocycles. The molecule has 2 heterocycles. The van der Waals surface area contributed by atoms with Crippen molar-refractivity contribution in [3.63, 3.8) is 0 Å². The van der Waals surface area contributed by atoms with Gasteiger partial charge in [-0.15, -0.1) is 0 Å². The Bertz CT molecular complexity index is 625. The van der Waals surface area contributed by atoms with Crippen LogP contribution in [-0.2, 0) is 4.74 Å². The Hall–Kier alpha value is -1.13. The average Bonchev–Trinajstić information content (AvgIpc) is 2.48. The molecule has 1 saturated carbocycles. The summed E-state index contributed by atoms with van der Waals surface area (Å²) < 4.78 is 19.2. The number of ether oxygens (including phenoxy) is 1. The highest BCUT2D eigenvalue weighted by atomic mass is 35.5. The lowest BCUT2D eigenvalue weighted by Gasteiger charge is -2.65. The van der Waals surface area contributed by atoms with Crippen LogP contribution in [0.15, 0.2) is 18.2 Å². The second-order valence-corrected chi connectivity index (χ2v) is 7.52. The van der Waals surface area contributed by atoms with Crippen LogP contribution < -0.4 is 0 Å². The first kappa shape index (κ1) is 15.4. The van der Waals surface area contributed by atoms with Gasteiger partial charge in [-0.3, -0.25) is 4.79 Å². The predicted molar refractivity (Wildman–Crippen MR) is 86.1 cm³/mol. The summed E-state index contributed by atoms with van der Waals surface area (Å²) >= 11 is 6.02. The van der Waals surface area contributed by atoms with Crippen LogP contribution >= 0.6 is 11.6 Å². The molecule has 3 fully saturated rings. The van der Waals surface area contributed by atoms with E-state index in [9.17, 15) is 9.18 Å². The molecule has 1 amide bonds. The number of halogens is 2. The Morgan fingerprint density at radius 1 is 1.30 bits per heavy atom. The number of benzene rings is 1. The van der Waals surface area contributed by atoms with Crippen LogP contribution in [0.25, 0.3) is 0 Å². The standard InChI is InChI=1S/C18H21ClFNO2/c19-15-13(3-1-4-14(15)20)17(22)21-11-18(7-2-8-18)16(21)12-5-9-23-10-6-12/h1,3-4,12,16H,2,5-11H2. The fourth-order valence-corrected chi connectivity index (χ4v) is 4.85. The summed E-state index contributed by atoms with van der Waals surface area (Å²) in [7, 11) is 0. The first-order chi connectivity index (χ1) is 11.1. The summed E-state index contributed by atoms with van der Waals surface area (Å²) in [5.41, 5.74) is 0.593. The van der Waals surface area contributed by atoms with Gasteiger partial charge in [0.25, 0.3) is 5.91 Å². The van der Waals surface area contributed by atoms with E-state index in [0.29, 0.717) is 11.3 Å². The van der Waals surface area contributed by atoms with E-state index < -0.39 is 5.82 Å². The van der Waals surface area contributed by atoms with Crippen LogP contribution in [0.5, 0.6) is 0 Å². The minimum atomic E-state index is -0.529. The minimum Gasteiger partial charge on any atom is -0.381 e. The fraction of sp³-hybridized carbons (Fsp3) is 0.611. The maximum atomic E-state index is 13.7. The molecule has 1 spiro atoms. The number of amides is 1. The predicted octanol–water partition coefficient (Wildman–Crippen LogP) is 3.90. The van der Waals surface area contributed by atoms with Crippen LogP contribution in [0.1, 0.15) is 42.5 Å². The number of carbonyl (C=O) groups is 1. The van der Waals surface area contributed by atoms with Crippen molar-refractivity contribution in [3.8, 4) is 0 Å². The van der Waals surface area contributed by atoms with Crippen molar-refractivity contribution < 1.29 is 13.9 Å². The Labute approximate surface area is 140 Å². The number of nitrogens with zero attached hydrogens (tertiary/aromatic N) is 1. The Kier molecular flexibility index (Phi) is 3.85. The molecular weight excluding hydrogens is 317 g/mol. The Morgan fingerprint density at radius 3 is 2.70 bits per heavy atom. The zero-order valence-electron chi connectivity index (χ0n) is 13.1. The van der Waals surface area contributed by atoms with Gasteiger partial charge >= 0.3 is 0 Å². The number of hydrogen-bond donors (Lipinski definition) is 0. The fourth-order valence-electron chi connectivity index (χ4n) is 4.64. The topological polar surface area (TPSA) is 29.5 Å². The van der Waals surface area contributed by atoms with E-state index in [2.05, 4.69) is 0 Å². The quantitative estimate of drug-likeness (QED) is 0.819. The van der Waals surface area contributed by atoms with Crippen molar-refractivity contribution in [2.75, 3.05) is 19.8 Å². The summed E-state index contributed by atoms with van der Waals surface area (Å²) in [6.07, 6.45) is 5.67. The van der Waals surface area contributed by atoms with E-state index in [0.717, 1.165) is 32.6 Å². The van der Waals surface area contributed by atoms with E-state index in [1.807, 2.05) is 4.90 Å². The molecule has 2 saturated heterocycles. The van der Waals surface area contributed by atoms with Crippen LogP contribution in [0.4, 0.5) is 4.39 Å². The van der Waals surface area contributed by atoms with E-state index in [4.69, 9.17) is 16.3 Å². The van der Waals surface area contributed by atoms with Gasteiger partial charge in [-0.05, 0) is 43.7 Å². The lowest BCUT2D eigenvalue weighted by molar-refractivity contribution is -0.140. The highest BCUT2D eigenvalue weighted by Gasteiger charge is 2.59. The molecule has 3 aliphatic rings. The van der Waals surface area contributed by atoms with Gasteiger partial charge in [0, 0.05) is 31.2 Å². The Balaban J connectivity index is 1.60. The second kappa shape index (κ2) is 5.75. The average molecular weight is 338 g/mol. The molecule has 0 N–H and O–H groups in total. The molecule has 1 aromatic rings. The molecule has 2 aliphatic heterocycles. The molecule has 0 radical (unpaired) electrons. The van der Waals surface area contributed by atoms with Crippen molar-refractivity contribution >= 4 is 17.5 Å². The summed E-state index contributed by atoms with van der Waals surface area (Å²) in [5, 5.41) is -0.0576. The smallest absolute Gasteiger partial charge is 0.255 e. The van der Waals surface area contributed by atoms with E-state index >= 15 is 0 Å². The van der Waals surface area contributed by atoms with Gasteiger partial charge in [0.1, 0.15) is 5.82 Å². The highest BCUT2D eigenvalue weighted by Crippen LogP contribution is 2.57. The van der Waals surface area contributed by atoms with E-state index in [-0.39, 0.29) is 22.5 Å². The molecule has 0 bridgehead atoms. The van der Waals surface area contributed by atoms with Crippen molar-refractivity contribution in [2.24, 2.45) is 11.3 Å². The Morgan fingerprint density at radius 2 is 2.04 bits per heavy atom. The van der Waals surface area contributed by atoms with E-state index in [1.165, 1.54) is 25.3 Å². The molecule has 124 valence electrons. The third-order valence-electron chi connectivity index (χ3n) is 5.95. The van der Waals surface area contributed by atoms with Gasteiger partial charge in [0.15, 0.2) is 0 Å². The van der Waals surface area contributed by atoms with Crippen LogP contribution in [0, 0.1) is 17.2 Å². The summed E-state index contributed by atoms with van der Waals surface area (Å²) in [4.78, 5) is 14.9. The largest absolute Gasteiger partial charge is 0.381 e. The SMILES string of the molecule is O=C(c1cccc(F)c1Cl)N1CC2(CCC2)C1C1CCOCC1. The van der Waals surface area contributed by atoms with Crippen molar-refractivity contribution in [3.05, 3.63) is 34.6 Å². The van der Waals surface area contributed by atoms with Crippen molar-refractivity contribution in [2.45, 2.75) is 38.1 Å². The third-order valence-corrected chi connectivity index (χ3v) is 6.34. The zero-order chi connectivity index (χ0) is 16.0. The maximum absolute atomic E-state index is 13.7. The number of hydrogen-bond acceptors (Lipinski definition) is 2. The van der Waals surface area contributed by atoms with Gasteiger partial charge in [-0.2, -0.15) is 0 Å². The molecule has 1 unspecified atom stereocenters. The summed E-state index contributed by atoms with van der Waals surface area (Å²) in [6, 6.07) is 4.74. The van der Waals surface area contributed by atoms with Gasteiger partial charge in [0.05, 0.1) is 10.6 Å². The van der Waals surface area contributed by atoms with Crippen LogP contribution in [-0.4, -0.2) is 36.6 Å². The molecule has 1 atom stereocenters. The van der Waals surface area contributed by atoms with Gasteiger partial charge in [0.2, 0.25) is 0 Å². The zero-order valence-corrected chi connectivity index (χ0v) is 13.8. The van der Waals surface area contributed by atoms with Gasteiger partial charge in [-0.25, -0.2) is 4.39 Å². The van der Waals surface area contributed by atoms with Crippen molar-refractivity contribution in [1.29, 1.82) is 0 Å². The lowest BCUT2D eigenvalue weighted by Crippen LogP contribution is -2.71. The molecule has 4 rings (SSSR count). The summed E-state index contributed by atoms with van der Waals surface area (Å²) in [5.74, 6) is -0.156. The normalized spacial score (nSPS) is 26.7. The number of rotatable bonds is 2. The van der Waals surface area contributed by atoms with Gasteiger partial charge < -0.3 is 9.64 Å². The van der Waals surface area contributed by atoms with Crippen LogP contribution in [0.3, 0.4) is 0 Å². The molecule has 3 nitrogen and oxygen atoms in total. The number of carbonyl (C=O) groups excluding carboxylic acids is 1. The molecule has 1 aromatic carbocycles. The first-order valence-corrected chi connectivity index (χ1v) is 8.83. The molecule has 23 heavy (non-hydrogen) atoms. The molecular formula is C18H21ClFNO2. The van der Waals surface area contributed by atoms with Gasteiger partial charge in [-0.1, -0.05) is 24.1 Å². The monoisotopic (exact) mass is 337 g/mol. The van der Waals surface area contributed by atoms with E-state index in [1.54, 1.807) is 12.1 Å². The third kappa shape index (κ3) is 2.38. The second-order valence-electron chi connectivity index (χ2n) is 7.14. The molecule has 5 heteroatoms. The van der Waals surface area contributed by atoms with Crippen LogP contribution in [0.2, 0.25) is 5.02 Å². The summed E-state index contributed by atoms with van der Waals surface area (Å²) in [6.45, 7) is 2.35. The molecule has 1 aliphatic carbocycles. The maximum Gasteiger partial charge on any atom is 0.255 e. The minimum absolute atomic E-state index is 0.0576. The highest BCUT2D eigenvalue weighted by molar-refractivity contribution is 6.34. The van der Waals surface area contributed by atoms with Crippen molar-refractivity contribution in [1.82, 2.24) is 4.90 Å². The lowest BCUT2D eigenvalue weighted by atomic mass is 9.54. The first-order valence-electron chi connectivity index (χ1n) is 8.45. The number of likely N-dealkylation sites (tertiary alicyclic amines) is 1.